The van der Waals surface area contributed by atoms with E-state index >= 15 is 0 Å². The SMILES string of the molecule is C=CCOP.C=CC[PH2]=O. The Kier molecular flexibility index (Phi) is 20.5. The van der Waals surface area contributed by atoms with Gasteiger partial charge in [0.1, 0.15) is 0 Å². The van der Waals surface area contributed by atoms with Gasteiger partial charge in [-0.3, -0.25) is 0 Å². The van der Waals surface area contributed by atoms with Crippen LogP contribution in [0.2, 0.25) is 0 Å². The predicted molar refractivity (Wildman–Crippen MR) is 51.3 cm³/mol. The molecule has 10 heavy (non-hydrogen) atoms. The van der Waals surface area contributed by atoms with E-state index in [1.165, 1.54) is 0 Å². The van der Waals surface area contributed by atoms with Gasteiger partial charge in [-0.25, -0.2) is 0 Å². The van der Waals surface area contributed by atoms with Crippen LogP contribution in [0.4, 0.5) is 0 Å². The molecule has 2 unspecified atom stereocenters. The molecule has 0 radical (unpaired) electrons. The maximum absolute atomic E-state index is 9.54. The quantitative estimate of drug-likeness (QED) is 0.488. The van der Waals surface area contributed by atoms with E-state index in [9.17, 15) is 4.57 Å². The van der Waals surface area contributed by atoms with Crippen LogP contribution >= 0.6 is 17.9 Å². The molecule has 2 atom stereocenters. The Morgan fingerprint density at radius 3 is 2.10 bits per heavy atom. The van der Waals surface area contributed by atoms with Gasteiger partial charge in [0.25, 0.3) is 0 Å². The molecule has 4 heteroatoms. The normalized spacial score (nSPS) is 8.50. The fourth-order valence-electron chi connectivity index (χ4n) is 0.136. The van der Waals surface area contributed by atoms with Gasteiger partial charge >= 0.3 is 0 Å². The number of hydrogen-bond acceptors (Lipinski definition) is 2. The molecule has 0 aliphatic carbocycles. The molecule has 0 saturated carbocycles. The van der Waals surface area contributed by atoms with Crippen molar-refractivity contribution in [2.75, 3.05) is 12.8 Å². The van der Waals surface area contributed by atoms with Gasteiger partial charge in [0.15, 0.2) is 0 Å². The zero-order valence-corrected chi connectivity index (χ0v) is 8.26. The van der Waals surface area contributed by atoms with Crippen LogP contribution in [0.1, 0.15) is 0 Å². The maximum atomic E-state index is 9.54. The van der Waals surface area contributed by atoms with Crippen molar-refractivity contribution in [3.8, 4) is 0 Å². The van der Waals surface area contributed by atoms with Gasteiger partial charge in [-0.2, -0.15) is 0 Å². The highest BCUT2D eigenvalue weighted by atomic mass is 31.1. The highest BCUT2D eigenvalue weighted by Gasteiger charge is 1.58. The molecule has 0 spiro atoms. The lowest BCUT2D eigenvalue weighted by Gasteiger charge is -1.79. The molecule has 0 aromatic carbocycles. The lowest BCUT2D eigenvalue weighted by Crippen LogP contribution is -1.67. The maximum Gasteiger partial charge on any atom is 0.0681 e. The lowest BCUT2D eigenvalue weighted by atomic mass is 10.7. The average Bonchev–Trinajstić information content (AvgIpc) is 1.93. The monoisotopic (exact) mass is 180 g/mol. The van der Waals surface area contributed by atoms with Crippen LogP contribution in [0.25, 0.3) is 0 Å². The molecular weight excluding hydrogens is 166 g/mol. The summed E-state index contributed by atoms with van der Waals surface area (Å²) in [6, 6.07) is 0. The van der Waals surface area contributed by atoms with Gasteiger partial charge in [-0.15, -0.1) is 13.2 Å². The van der Waals surface area contributed by atoms with Gasteiger partial charge in [-0.1, -0.05) is 12.2 Å². The molecule has 0 saturated heterocycles. The Balaban J connectivity index is 0. The first-order valence-corrected chi connectivity index (χ1v) is 4.56. The molecule has 2 nitrogen and oxygen atoms in total. The summed E-state index contributed by atoms with van der Waals surface area (Å²) in [5.41, 5.74) is 0. The van der Waals surface area contributed by atoms with E-state index in [4.69, 9.17) is 0 Å². The van der Waals surface area contributed by atoms with E-state index < -0.39 is 8.46 Å². The number of rotatable bonds is 4. The summed E-state index contributed by atoms with van der Waals surface area (Å²) in [5, 5.41) is 0. The van der Waals surface area contributed by atoms with E-state index in [0.717, 1.165) is 0 Å². The number of allylic oxidation sites excluding steroid dienone is 1. The second-order valence-electron chi connectivity index (χ2n) is 1.31. The van der Waals surface area contributed by atoms with Crippen molar-refractivity contribution in [2.24, 2.45) is 0 Å². The van der Waals surface area contributed by atoms with Gasteiger partial charge in [-0.05, 0) is 0 Å². The summed E-state index contributed by atoms with van der Waals surface area (Å²) in [4.78, 5) is 0. The van der Waals surface area contributed by atoms with Crippen molar-refractivity contribution in [3.05, 3.63) is 25.3 Å². The first-order valence-electron chi connectivity index (χ1n) is 2.80. The summed E-state index contributed by atoms with van der Waals surface area (Å²) in [7, 11) is 1.55. The van der Waals surface area contributed by atoms with Crippen LogP contribution in [-0.4, -0.2) is 12.8 Å². The Bertz CT molecular complexity index is 87.7. The van der Waals surface area contributed by atoms with Crippen molar-refractivity contribution in [3.63, 3.8) is 0 Å². The van der Waals surface area contributed by atoms with Crippen molar-refractivity contribution in [2.45, 2.75) is 0 Å². The van der Waals surface area contributed by atoms with E-state index in [2.05, 4.69) is 27.1 Å². The van der Waals surface area contributed by atoms with Gasteiger partial charge in [0.05, 0.1) is 15.1 Å². The molecule has 0 aliphatic rings. The molecule has 0 bridgehead atoms. The zero-order valence-electron chi connectivity index (χ0n) is 5.95. The van der Waals surface area contributed by atoms with Crippen molar-refractivity contribution >= 4 is 17.9 Å². The molecule has 0 N–H and O–H groups in total. The van der Waals surface area contributed by atoms with Gasteiger partial charge in [0.2, 0.25) is 0 Å². The van der Waals surface area contributed by atoms with Crippen molar-refractivity contribution in [1.82, 2.24) is 0 Å². The smallest absolute Gasteiger partial charge is 0.0681 e. The van der Waals surface area contributed by atoms with Gasteiger partial charge in [0, 0.05) is 15.6 Å². The highest BCUT2D eigenvalue weighted by Crippen LogP contribution is 1.86. The van der Waals surface area contributed by atoms with E-state index in [-0.39, 0.29) is 0 Å². The first-order chi connectivity index (χ1) is 4.83. The van der Waals surface area contributed by atoms with E-state index in [0.29, 0.717) is 12.8 Å². The third-order valence-corrected chi connectivity index (χ3v) is 1.20. The van der Waals surface area contributed by atoms with Crippen molar-refractivity contribution < 1.29 is 9.09 Å². The minimum atomic E-state index is -0.582. The summed E-state index contributed by atoms with van der Waals surface area (Å²) < 4.78 is 14.0. The topological polar surface area (TPSA) is 26.3 Å². The largest absolute Gasteiger partial charge is 0.362 e. The fraction of sp³-hybridized carbons (Fsp3) is 0.333. The molecular formula is C6H14O2P2. The lowest BCUT2D eigenvalue weighted by molar-refractivity contribution is 0.427. The summed E-state index contributed by atoms with van der Waals surface area (Å²) in [6.07, 6.45) is 4.02. The molecule has 0 fully saturated rings. The van der Waals surface area contributed by atoms with Crippen LogP contribution < -0.4 is 0 Å². The van der Waals surface area contributed by atoms with Crippen LogP contribution in [0.15, 0.2) is 25.3 Å². The third kappa shape index (κ3) is 24.3. The van der Waals surface area contributed by atoms with E-state index in [1.807, 2.05) is 0 Å². The van der Waals surface area contributed by atoms with Crippen LogP contribution in [0.3, 0.4) is 0 Å². The number of hydrogen-bond donors (Lipinski definition) is 0. The molecule has 0 aliphatic heterocycles. The van der Waals surface area contributed by atoms with Crippen LogP contribution in [0.5, 0.6) is 0 Å². The molecule has 60 valence electrons. The predicted octanol–water partition coefficient (Wildman–Crippen LogP) is 1.91. The summed E-state index contributed by atoms with van der Waals surface area (Å²) >= 11 is 0. The Morgan fingerprint density at radius 1 is 1.50 bits per heavy atom. The molecule has 0 aromatic rings. The Hall–Kier alpha value is 0.100. The Labute approximate surface area is 65.8 Å². The first kappa shape index (κ1) is 12.7. The second kappa shape index (κ2) is 16.0. The third-order valence-electron chi connectivity index (χ3n) is 0.477. The fourth-order valence-corrected chi connectivity index (χ4v) is 0.408. The molecule has 0 aromatic heterocycles. The molecule has 0 amide bonds. The van der Waals surface area contributed by atoms with Gasteiger partial charge < -0.3 is 9.09 Å². The van der Waals surface area contributed by atoms with Crippen molar-refractivity contribution in [1.29, 1.82) is 0 Å². The summed E-state index contributed by atoms with van der Waals surface area (Å²) in [5.74, 6) is 0. The summed E-state index contributed by atoms with van der Waals surface area (Å²) in [6.45, 7) is 7.40. The standard InChI is InChI=1S/2C3H7OP/c1-2-3-5-4;1-2-3-4-5/h2*2H,1,3,5H2. The minimum absolute atomic E-state index is 0.582. The minimum Gasteiger partial charge on any atom is -0.362 e. The molecule has 0 rings (SSSR count). The Morgan fingerprint density at radius 2 is 2.10 bits per heavy atom. The highest BCUT2D eigenvalue weighted by molar-refractivity contribution is 7.23. The van der Waals surface area contributed by atoms with E-state index in [1.54, 1.807) is 12.2 Å². The molecule has 0 heterocycles. The zero-order chi connectivity index (χ0) is 8.24. The second-order valence-corrected chi connectivity index (χ2v) is 2.45. The van der Waals surface area contributed by atoms with Crippen LogP contribution in [-0.2, 0) is 9.09 Å². The average molecular weight is 180 g/mol. The van der Waals surface area contributed by atoms with Crippen LogP contribution in [0, 0.1) is 0 Å².